The van der Waals surface area contributed by atoms with Crippen molar-refractivity contribution in [3.63, 3.8) is 0 Å². The molecule has 0 rings (SSSR count). The Kier molecular flexibility index (Phi) is 7.42. The normalized spacial score (nSPS) is 14.9. The van der Waals surface area contributed by atoms with Crippen LogP contribution in [0.3, 0.4) is 0 Å². The summed E-state index contributed by atoms with van der Waals surface area (Å²) in [7, 11) is 0. The number of carbonyl (C=O) groups excluding carboxylic acids is 1. The van der Waals surface area contributed by atoms with Gasteiger partial charge in [0.15, 0.2) is 0 Å². The number of ether oxygens (including phenoxy) is 1. The highest BCUT2D eigenvalue weighted by molar-refractivity contribution is 5.73. The maximum atomic E-state index is 10.8. The first-order valence-corrected chi connectivity index (χ1v) is 5.10. The minimum Gasteiger partial charge on any atom is -0.464 e. The van der Waals surface area contributed by atoms with Gasteiger partial charge in [-0.15, -0.1) is 0 Å². The van der Waals surface area contributed by atoms with Crippen LogP contribution in [-0.2, 0) is 9.53 Å². The molecule has 0 aromatic heterocycles. The number of carbonyl (C=O) groups is 1. The summed E-state index contributed by atoms with van der Waals surface area (Å²) in [5.74, 6) is -0.602. The minimum atomic E-state index is -1.06. The Bertz CT molecular complexity index is 156. The van der Waals surface area contributed by atoms with Crippen LogP contribution in [0.25, 0.3) is 0 Å². The molecule has 84 valence electrons. The Hall–Kier alpha value is -0.610. The zero-order chi connectivity index (χ0) is 11.0. The number of hydrogen-bond acceptors (Lipinski definition) is 4. The first kappa shape index (κ1) is 13.4. The predicted octanol–water partition coefficient (Wildman–Crippen LogP) is 0.852. The SMILES string of the molecule is CCCC(O)CCCOC(=O)C(C)O. The van der Waals surface area contributed by atoms with Crippen molar-refractivity contribution in [1.82, 2.24) is 0 Å². The van der Waals surface area contributed by atoms with Crippen molar-refractivity contribution in [2.24, 2.45) is 0 Å². The van der Waals surface area contributed by atoms with E-state index in [0.717, 1.165) is 12.8 Å². The summed E-state index contributed by atoms with van der Waals surface area (Å²) < 4.78 is 4.73. The average Bonchev–Trinajstić information content (AvgIpc) is 2.12. The van der Waals surface area contributed by atoms with Gasteiger partial charge < -0.3 is 14.9 Å². The van der Waals surface area contributed by atoms with E-state index >= 15 is 0 Å². The zero-order valence-electron chi connectivity index (χ0n) is 8.90. The summed E-state index contributed by atoms with van der Waals surface area (Å²) in [5.41, 5.74) is 0. The second-order valence-electron chi connectivity index (χ2n) is 3.43. The number of rotatable bonds is 7. The van der Waals surface area contributed by atoms with Crippen LogP contribution in [0.4, 0.5) is 0 Å². The van der Waals surface area contributed by atoms with Crippen molar-refractivity contribution < 1.29 is 19.7 Å². The molecule has 4 heteroatoms. The van der Waals surface area contributed by atoms with Crippen LogP contribution in [0.2, 0.25) is 0 Å². The van der Waals surface area contributed by atoms with Gasteiger partial charge in [0.05, 0.1) is 12.7 Å². The van der Waals surface area contributed by atoms with Crippen molar-refractivity contribution in [3.05, 3.63) is 0 Å². The highest BCUT2D eigenvalue weighted by Crippen LogP contribution is 2.04. The molecule has 0 aliphatic carbocycles. The van der Waals surface area contributed by atoms with E-state index in [1.54, 1.807) is 0 Å². The second kappa shape index (κ2) is 7.76. The number of hydrogen-bond donors (Lipinski definition) is 2. The molecule has 2 atom stereocenters. The molecule has 0 bridgehead atoms. The number of esters is 1. The van der Waals surface area contributed by atoms with E-state index in [9.17, 15) is 9.90 Å². The van der Waals surface area contributed by atoms with E-state index in [0.29, 0.717) is 12.8 Å². The topological polar surface area (TPSA) is 66.8 Å². The number of aliphatic hydroxyl groups is 2. The summed E-state index contributed by atoms with van der Waals surface area (Å²) in [6.45, 7) is 3.65. The van der Waals surface area contributed by atoms with Crippen LogP contribution in [0, 0.1) is 0 Å². The van der Waals surface area contributed by atoms with Crippen LogP contribution in [0.1, 0.15) is 39.5 Å². The van der Waals surface area contributed by atoms with Crippen molar-refractivity contribution in [1.29, 1.82) is 0 Å². The maximum absolute atomic E-state index is 10.8. The van der Waals surface area contributed by atoms with Crippen LogP contribution < -0.4 is 0 Å². The molecule has 0 heterocycles. The molecule has 0 aromatic rings. The van der Waals surface area contributed by atoms with Crippen LogP contribution in [0.5, 0.6) is 0 Å². The van der Waals surface area contributed by atoms with E-state index in [4.69, 9.17) is 9.84 Å². The van der Waals surface area contributed by atoms with Crippen LogP contribution in [0.15, 0.2) is 0 Å². The van der Waals surface area contributed by atoms with E-state index in [2.05, 4.69) is 0 Å². The quantitative estimate of drug-likeness (QED) is 0.476. The Labute approximate surface area is 84.9 Å². The molecular formula is C10H20O4. The molecule has 4 nitrogen and oxygen atoms in total. The van der Waals surface area contributed by atoms with Crippen molar-refractivity contribution in [2.45, 2.75) is 51.7 Å². The molecule has 0 amide bonds. The maximum Gasteiger partial charge on any atom is 0.334 e. The van der Waals surface area contributed by atoms with E-state index in [-0.39, 0.29) is 12.7 Å². The third kappa shape index (κ3) is 6.86. The van der Waals surface area contributed by atoms with E-state index < -0.39 is 12.1 Å². The first-order chi connectivity index (χ1) is 6.57. The first-order valence-electron chi connectivity index (χ1n) is 5.10. The van der Waals surface area contributed by atoms with Gasteiger partial charge in [-0.25, -0.2) is 4.79 Å². The van der Waals surface area contributed by atoms with Gasteiger partial charge in [0.25, 0.3) is 0 Å². The largest absolute Gasteiger partial charge is 0.464 e. The Balaban J connectivity index is 3.33. The highest BCUT2D eigenvalue weighted by atomic mass is 16.5. The summed E-state index contributed by atoms with van der Waals surface area (Å²) >= 11 is 0. The molecule has 0 fully saturated rings. The molecule has 0 aromatic carbocycles. The molecule has 2 N–H and O–H groups in total. The Morgan fingerprint density at radius 1 is 1.36 bits per heavy atom. The van der Waals surface area contributed by atoms with Gasteiger partial charge in [0.2, 0.25) is 0 Å². The molecule has 0 radical (unpaired) electrons. The van der Waals surface area contributed by atoms with Gasteiger partial charge in [0, 0.05) is 0 Å². The molecular weight excluding hydrogens is 184 g/mol. The fraction of sp³-hybridized carbons (Fsp3) is 0.900. The highest BCUT2D eigenvalue weighted by Gasteiger charge is 2.09. The number of aliphatic hydroxyl groups excluding tert-OH is 2. The van der Waals surface area contributed by atoms with Crippen molar-refractivity contribution >= 4 is 5.97 Å². The van der Waals surface area contributed by atoms with Gasteiger partial charge >= 0.3 is 5.97 Å². The van der Waals surface area contributed by atoms with Gasteiger partial charge in [-0.2, -0.15) is 0 Å². The molecule has 14 heavy (non-hydrogen) atoms. The van der Waals surface area contributed by atoms with Gasteiger partial charge in [0.1, 0.15) is 6.10 Å². The van der Waals surface area contributed by atoms with Crippen LogP contribution >= 0.6 is 0 Å². The molecule has 0 saturated heterocycles. The third-order valence-corrected chi connectivity index (χ3v) is 1.89. The molecule has 2 unspecified atom stereocenters. The van der Waals surface area contributed by atoms with Crippen LogP contribution in [-0.4, -0.2) is 35.0 Å². The van der Waals surface area contributed by atoms with Gasteiger partial charge in [-0.3, -0.25) is 0 Å². The van der Waals surface area contributed by atoms with Crippen molar-refractivity contribution in [3.8, 4) is 0 Å². The monoisotopic (exact) mass is 204 g/mol. The minimum absolute atomic E-state index is 0.268. The lowest BCUT2D eigenvalue weighted by Crippen LogP contribution is -2.20. The second-order valence-corrected chi connectivity index (χ2v) is 3.43. The lowest BCUT2D eigenvalue weighted by Gasteiger charge is -2.09. The summed E-state index contributed by atoms with van der Waals surface area (Å²) in [6.07, 6.45) is 1.65. The molecule has 0 aliphatic heterocycles. The lowest BCUT2D eigenvalue weighted by molar-refractivity contribution is -0.152. The summed E-state index contributed by atoms with van der Waals surface area (Å²) in [5, 5.41) is 18.1. The predicted molar refractivity (Wildman–Crippen MR) is 52.8 cm³/mol. The Morgan fingerprint density at radius 3 is 2.50 bits per heavy atom. The van der Waals surface area contributed by atoms with E-state index in [1.165, 1.54) is 6.92 Å². The average molecular weight is 204 g/mol. The van der Waals surface area contributed by atoms with Crippen molar-refractivity contribution in [2.75, 3.05) is 6.61 Å². The molecule has 0 aliphatic rings. The molecule has 0 spiro atoms. The Morgan fingerprint density at radius 2 is 2.00 bits per heavy atom. The fourth-order valence-corrected chi connectivity index (χ4v) is 1.09. The third-order valence-electron chi connectivity index (χ3n) is 1.89. The lowest BCUT2D eigenvalue weighted by atomic mass is 10.1. The standard InChI is InChI=1S/C10H20O4/c1-3-5-9(12)6-4-7-14-10(13)8(2)11/h8-9,11-12H,3-7H2,1-2H3. The summed E-state index contributed by atoms with van der Waals surface area (Å²) in [6, 6.07) is 0. The molecule has 0 saturated carbocycles. The van der Waals surface area contributed by atoms with Gasteiger partial charge in [-0.1, -0.05) is 13.3 Å². The smallest absolute Gasteiger partial charge is 0.334 e. The summed E-state index contributed by atoms with van der Waals surface area (Å²) in [4.78, 5) is 10.8. The van der Waals surface area contributed by atoms with E-state index in [1.807, 2.05) is 6.92 Å². The zero-order valence-corrected chi connectivity index (χ0v) is 8.90. The van der Waals surface area contributed by atoms with Gasteiger partial charge in [-0.05, 0) is 26.2 Å². The fourth-order valence-electron chi connectivity index (χ4n) is 1.09.